The van der Waals surface area contributed by atoms with Crippen molar-refractivity contribution >= 4 is 5.97 Å². The molecule has 0 aliphatic rings. The average Bonchev–Trinajstić information content (AvgIpc) is 1.97. The van der Waals surface area contributed by atoms with Crippen LogP contribution in [0.5, 0.6) is 0 Å². The van der Waals surface area contributed by atoms with Crippen molar-refractivity contribution in [1.82, 2.24) is 0 Å². The SMILES string of the molecule is CCC(C)COCOC(C)=O. The Kier molecular flexibility index (Phi) is 5.84. The highest BCUT2D eigenvalue weighted by Crippen LogP contribution is 1.99. The minimum Gasteiger partial charge on any atom is -0.439 e. The highest BCUT2D eigenvalue weighted by molar-refractivity contribution is 5.65. The Morgan fingerprint density at radius 3 is 2.64 bits per heavy atom. The van der Waals surface area contributed by atoms with Crippen LogP contribution in [0.1, 0.15) is 27.2 Å². The lowest BCUT2D eigenvalue weighted by Crippen LogP contribution is -2.09. The number of hydrogen-bond acceptors (Lipinski definition) is 3. The number of carbonyl (C=O) groups excluding carboxylic acids is 1. The molecule has 0 fully saturated rings. The minimum atomic E-state index is -0.297. The summed E-state index contributed by atoms with van der Waals surface area (Å²) in [5, 5.41) is 0. The van der Waals surface area contributed by atoms with Crippen LogP contribution >= 0.6 is 0 Å². The van der Waals surface area contributed by atoms with Crippen molar-refractivity contribution in [3.8, 4) is 0 Å². The molecule has 0 amide bonds. The van der Waals surface area contributed by atoms with Gasteiger partial charge < -0.3 is 9.47 Å². The topological polar surface area (TPSA) is 35.5 Å². The normalized spacial score (nSPS) is 12.6. The van der Waals surface area contributed by atoms with Gasteiger partial charge in [0.1, 0.15) is 0 Å². The summed E-state index contributed by atoms with van der Waals surface area (Å²) in [5.74, 6) is 0.236. The Morgan fingerprint density at radius 1 is 1.55 bits per heavy atom. The van der Waals surface area contributed by atoms with E-state index in [1.54, 1.807) is 0 Å². The van der Waals surface area contributed by atoms with Gasteiger partial charge in [0, 0.05) is 6.92 Å². The van der Waals surface area contributed by atoms with E-state index >= 15 is 0 Å². The van der Waals surface area contributed by atoms with Crippen LogP contribution in [0.3, 0.4) is 0 Å². The van der Waals surface area contributed by atoms with Crippen molar-refractivity contribution in [3.63, 3.8) is 0 Å². The highest BCUT2D eigenvalue weighted by atomic mass is 16.7. The molecule has 1 atom stereocenters. The van der Waals surface area contributed by atoms with Crippen LogP contribution in [0.15, 0.2) is 0 Å². The molecule has 11 heavy (non-hydrogen) atoms. The lowest BCUT2D eigenvalue weighted by molar-refractivity contribution is -0.154. The number of ether oxygens (including phenoxy) is 2. The summed E-state index contributed by atoms with van der Waals surface area (Å²) in [6, 6.07) is 0. The molecule has 0 bridgehead atoms. The van der Waals surface area contributed by atoms with Crippen LogP contribution in [0.25, 0.3) is 0 Å². The Balaban J connectivity index is 3.08. The van der Waals surface area contributed by atoms with Gasteiger partial charge >= 0.3 is 5.97 Å². The fraction of sp³-hybridized carbons (Fsp3) is 0.875. The van der Waals surface area contributed by atoms with Crippen LogP contribution in [-0.2, 0) is 14.3 Å². The smallest absolute Gasteiger partial charge is 0.304 e. The first-order chi connectivity index (χ1) is 5.16. The van der Waals surface area contributed by atoms with Crippen molar-refractivity contribution in [1.29, 1.82) is 0 Å². The van der Waals surface area contributed by atoms with E-state index in [1.165, 1.54) is 6.92 Å². The molecule has 0 aromatic rings. The summed E-state index contributed by atoms with van der Waals surface area (Å²) in [4.78, 5) is 10.3. The fourth-order valence-electron chi connectivity index (χ4n) is 0.492. The summed E-state index contributed by atoms with van der Waals surface area (Å²) < 4.78 is 9.63. The third kappa shape index (κ3) is 7.33. The number of hydrogen-bond donors (Lipinski definition) is 0. The second-order valence-electron chi connectivity index (χ2n) is 2.64. The van der Waals surface area contributed by atoms with E-state index in [4.69, 9.17) is 4.74 Å². The van der Waals surface area contributed by atoms with Gasteiger partial charge in [-0.2, -0.15) is 0 Å². The molecule has 0 aliphatic heterocycles. The third-order valence-corrected chi connectivity index (χ3v) is 1.44. The molecule has 3 heteroatoms. The Bertz CT molecular complexity index is 112. The first-order valence-electron chi connectivity index (χ1n) is 3.88. The molecule has 0 N–H and O–H groups in total. The summed E-state index contributed by atoms with van der Waals surface area (Å²) in [6.07, 6.45) is 1.08. The molecule has 0 heterocycles. The van der Waals surface area contributed by atoms with Crippen LogP contribution in [0, 0.1) is 5.92 Å². The van der Waals surface area contributed by atoms with Gasteiger partial charge in [-0.1, -0.05) is 20.3 Å². The van der Waals surface area contributed by atoms with Gasteiger partial charge in [-0.05, 0) is 5.92 Å². The maximum atomic E-state index is 10.3. The minimum absolute atomic E-state index is 0.0830. The van der Waals surface area contributed by atoms with Crippen molar-refractivity contribution in [3.05, 3.63) is 0 Å². The Morgan fingerprint density at radius 2 is 2.18 bits per heavy atom. The molecular formula is C8H16O3. The standard InChI is InChI=1S/C8H16O3/c1-4-7(2)5-10-6-11-8(3)9/h7H,4-6H2,1-3H3. The molecule has 0 aromatic heterocycles. The lowest BCUT2D eigenvalue weighted by Gasteiger charge is -2.08. The fourth-order valence-corrected chi connectivity index (χ4v) is 0.492. The maximum Gasteiger partial charge on any atom is 0.304 e. The van der Waals surface area contributed by atoms with Crippen LogP contribution in [0.2, 0.25) is 0 Å². The zero-order chi connectivity index (χ0) is 8.69. The first-order valence-corrected chi connectivity index (χ1v) is 3.88. The molecule has 1 unspecified atom stereocenters. The van der Waals surface area contributed by atoms with Crippen molar-refractivity contribution in [2.75, 3.05) is 13.4 Å². The van der Waals surface area contributed by atoms with Gasteiger partial charge in [0.15, 0.2) is 6.79 Å². The van der Waals surface area contributed by atoms with E-state index < -0.39 is 0 Å². The van der Waals surface area contributed by atoms with Crippen molar-refractivity contribution in [2.24, 2.45) is 5.92 Å². The Hall–Kier alpha value is -0.570. The summed E-state index contributed by atoms with van der Waals surface area (Å²) in [7, 11) is 0. The average molecular weight is 160 g/mol. The van der Waals surface area contributed by atoms with E-state index in [2.05, 4.69) is 18.6 Å². The monoisotopic (exact) mass is 160 g/mol. The molecule has 0 spiro atoms. The van der Waals surface area contributed by atoms with E-state index in [1.807, 2.05) is 0 Å². The van der Waals surface area contributed by atoms with Gasteiger partial charge in [-0.15, -0.1) is 0 Å². The maximum absolute atomic E-state index is 10.3. The first kappa shape index (κ1) is 10.4. The zero-order valence-electron chi connectivity index (χ0n) is 7.42. The molecule has 0 saturated heterocycles. The number of esters is 1. The predicted octanol–water partition coefficient (Wildman–Crippen LogP) is 1.57. The lowest BCUT2D eigenvalue weighted by atomic mass is 10.1. The van der Waals surface area contributed by atoms with Crippen LogP contribution in [0.4, 0.5) is 0 Å². The predicted molar refractivity (Wildman–Crippen MR) is 42.0 cm³/mol. The second kappa shape index (κ2) is 6.16. The second-order valence-corrected chi connectivity index (χ2v) is 2.64. The number of carbonyl (C=O) groups is 1. The molecular weight excluding hydrogens is 144 g/mol. The van der Waals surface area contributed by atoms with E-state index in [0.29, 0.717) is 12.5 Å². The molecule has 0 saturated carbocycles. The summed E-state index contributed by atoms with van der Waals surface area (Å²) in [6.45, 7) is 6.30. The van der Waals surface area contributed by atoms with Gasteiger partial charge in [-0.25, -0.2) is 0 Å². The molecule has 66 valence electrons. The van der Waals surface area contributed by atoms with E-state index in [-0.39, 0.29) is 12.8 Å². The summed E-state index contributed by atoms with van der Waals surface area (Å²) >= 11 is 0. The quantitative estimate of drug-likeness (QED) is 0.348. The molecule has 0 radical (unpaired) electrons. The van der Waals surface area contributed by atoms with Gasteiger partial charge in [-0.3, -0.25) is 4.79 Å². The van der Waals surface area contributed by atoms with E-state index in [9.17, 15) is 4.79 Å². The highest BCUT2D eigenvalue weighted by Gasteiger charge is 1.98. The van der Waals surface area contributed by atoms with Crippen molar-refractivity contribution < 1.29 is 14.3 Å². The zero-order valence-corrected chi connectivity index (χ0v) is 7.42. The number of rotatable bonds is 5. The third-order valence-electron chi connectivity index (χ3n) is 1.44. The molecule has 0 rings (SSSR count). The Labute approximate surface area is 67.7 Å². The largest absolute Gasteiger partial charge is 0.439 e. The van der Waals surface area contributed by atoms with Crippen LogP contribution < -0.4 is 0 Å². The van der Waals surface area contributed by atoms with Gasteiger partial charge in [0.25, 0.3) is 0 Å². The molecule has 0 aliphatic carbocycles. The van der Waals surface area contributed by atoms with E-state index in [0.717, 1.165) is 6.42 Å². The molecule has 3 nitrogen and oxygen atoms in total. The van der Waals surface area contributed by atoms with Crippen molar-refractivity contribution in [2.45, 2.75) is 27.2 Å². The summed E-state index contributed by atoms with van der Waals surface area (Å²) in [5.41, 5.74) is 0. The van der Waals surface area contributed by atoms with Crippen LogP contribution in [-0.4, -0.2) is 19.4 Å². The van der Waals surface area contributed by atoms with Gasteiger partial charge in [0.2, 0.25) is 0 Å². The van der Waals surface area contributed by atoms with Gasteiger partial charge in [0.05, 0.1) is 6.61 Å². The molecule has 0 aromatic carbocycles.